The van der Waals surface area contributed by atoms with Crippen LogP contribution in [0.2, 0.25) is 5.02 Å². The summed E-state index contributed by atoms with van der Waals surface area (Å²) in [6, 6.07) is 11.6. The van der Waals surface area contributed by atoms with E-state index in [-0.39, 0.29) is 24.0 Å². The minimum atomic E-state index is 0. The molecule has 0 amide bonds. The van der Waals surface area contributed by atoms with E-state index in [2.05, 4.69) is 41.3 Å². The zero-order valence-corrected chi connectivity index (χ0v) is 16.8. The van der Waals surface area contributed by atoms with E-state index in [1.165, 1.54) is 11.8 Å². The van der Waals surface area contributed by atoms with Gasteiger partial charge in [-0.2, -0.15) is 0 Å². The average molecular weight is 461 g/mol. The second kappa shape index (κ2) is 10.4. The largest absolute Gasteiger partial charge is 0.476 e. The lowest BCUT2D eigenvalue weighted by Gasteiger charge is -2.10. The maximum absolute atomic E-state index is 5.88. The number of hydrogen-bond acceptors (Lipinski definition) is 3. The minimum absolute atomic E-state index is 0. The summed E-state index contributed by atoms with van der Waals surface area (Å²) >= 11 is 5.76. The van der Waals surface area contributed by atoms with Gasteiger partial charge in [0, 0.05) is 18.0 Å². The molecule has 3 N–H and O–H groups in total. The second-order valence-electron chi connectivity index (χ2n) is 5.34. The van der Waals surface area contributed by atoms with Crippen LogP contribution < -0.4 is 15.8 Å². The van der Waals surface area contributed by atoms with Crippen LogP contribution in [0.1, 0.15) is 25.3 Å². The lowest BCUT2D eigenvalue weighted by Crippen LogP contribution is -2.23. The summed E-state index contributed by atoms with van der Waals surface area (Å²) in [5.74, 6) is 1.34. The maximum atomic E-state index is 5.88. The van der Waals surface area contributed by atoms with E-state index in [4.69, 9.17) is 22.1 Å². The first-order chi connectivity index (χ1) is 11.0. The van der Waals surface area contributed by atoms with E-state index in [1.54, 1.807) is 12.1 Å². The van der Waals surface area contributed by atoms with E-state index < -0.39 is 0 Å². The Labute approximate surface area is 164 Å². The van der Waals surface area contributed by atoms with Crippen molar-refractivity contribution in [3.63, 3.8) is 0 Å². The topological polar surface area (TPSA) is 72.5 Å². The number of rotatable bonds is 6. The van der Waals surface area contributed by atoms with Gasteiger partial charge in [-0.1, -0.05) is 37.6 Å². The number of guanidine groups is 1. The predicted octanol–water partition coefficient (Wildman–Crippen LogP) is 4.28. The normalized spacial score (nSPS) is 11.1. The molecule has 2 rings (SSSR count). The Bertz CT molecular complexity index is 662. The third-order valence-electron chi connectivity index (χ3n) is 3.15. The number of aliphatic imine (C=N–C) groups is 1. The van der Waals surface area contributed by atoms with Gasteiger partial charge in [-0.3, -0.25) is 0 Å². The van der Waals surface area contributed by atoms with Crippen LogP contribution in [0.3, 0.4) is 0 Å². The Morgan fingerprint density at radius 1 is 1.33 bits per heavy atom. The van der Waals surface area contributed by atoms with Crippen LogP contribution >= 0.6 is 35.6 Å². The molecular weight excluding hydrogens is 439 g/mol. The standard InChI is InChI=1S/C17H21ClN4O.HI/c1-12(2)13-4-3-5-15(10-13)22-17(19)20-8-9-23-16-7-6-14(18)11-21-16;/h3-7,10-12H,8-9H2,1-2H3,(H3,19,20,22);1H. The SMILES string of the molecule is CC(C)c1cccc(NC(N)=NCCOc2ccc(Cl)cn2)c1.I. The second-order valence-corrected chi connectivity index (χ2v) is 5.77. The smallest absolute Gasteiger partial charge is 0.213 e. The number of aromatic nitrogens is 1. The Morgan fingerprint density at radius 2 is 2.12 bits per heavy atom. The third kappa shape index (κ3) is 6.92. The first-order valence-corrected chi connectivity index (χ1v) is 7.83. The van der Waals surface area contributed by atoms with Crippen molar-refractivity contribution in [1.29, 1.82) is 0 Å². The van der Waals surface area contributed by atoms with Gasteiger partial charge in [0.1, 0.15) is 6.61 Å². The van der Waals surface area contributed by atoms with Crippen molar-refractivity contribution in [2.24, 2.45) is 10.7 Å². The molecular formula is C17H22ClIN4O. The third-order valence-corrected chi connectivity index (χ3v) is 3.37. The minimum Gasteiger partial charge on any atom is -0.476 e. The maximum Gasteiger partial charge on any atom is 0.213 e. The molecule has 0 fully saturated rings. The number of nitrogens with two attached hydrogens (primary N) is 1. The highest BCUT2D eigenvalue weighted by Crippen LogP contribution is 2.18. The summed E-state index contributed by atoms with van der Waals surface area (Å²) in [6.07, 6.45) is 1.54. The molecule has 0 bridgehead atoms. The number of nitrogens with zero attached hydrogens (tertiary/aromatic N) is 2. The van der Waals surface area contributed by atoms with E-state index in [9.17, 15) is 0 Å². The van der Waals surface area contributed by atoms with E-state index >= 15 is 0 Å². The van der Waals surface area contributed by atoms with Crippen LogP contribution in [0.15, 0.2) is 47.6 Å². The van der Waals surface area contributed by atoms with Crippen molar-refractivity contribution in [1.82, 2.24) is 4.98 Å². The summed E-state index contributed by atoms with van der Waals surface area (Å²) in [4.78, 5) is 8.27. The fourth-order valence-electron chi connectivity index (χ4n) is 1.93. The highest BCUT2D eigenvalue weighted by atomic mass is 127. The molecule has 0 radical (unpaired) electrons. The molecule has 0 aliphatic heterocycles. The van der Waals surface area contributed by atoms with E-state index in [1.807, 2.05) is 12.1 Å². The highest BCUT2D eigenvalue weighted by Gasteiger charge is 2.01. The molecule has 130 valence electrons. The van der Waals surface area contributed by atoms with Crippen LogP contribution in [0.4, 0.5) is 5.69 Å². The molecule has 0 spiro atoms. The van der Waals surface area contributed by atoms with E-state index in [0.717, 1.165) is 5.69 Å². The molecule has 0 aliphatic rings. The summed E-state index contributed by atoms with van der Waals surface area (Å²) < 4.78 is 5.45. The number of nitrogens with one attached hydrogen (secondary N) is 1. The Morgan fingerprint density at radius 3 is 2.79 bits per heavy atom. The molecule has 1 heterocycles. The van der Waals surface area contributed by atoms with Crippen LogP contribution in [0, 0.1) is 0 Å². The summed E-state index contributed by atoms with van der Waals surface area (Å²) in [6.45, 7) is 5.13. The van der Waals surface area contributed by atoms with Gasteiger partial charge in [0.05, 0.1) is 11.6 Å². The number of pyridine rings is 1. The molecule has 0 saturated heterocycles. The molecule has 1 aromatic carbocycles. The summed E-state index contributed by atoms with van der Waals surface area (Å²) in [5.41, 5.74) is 8.06. The van der Waals surface area contributed by atoms with Crippen molar-refractivity contribution in [2.75, 3.05) is 18.5 Å². The van der Waals surface area contributed by atoms with Gasteiger partial charge >= 0.3 is 0 Å². The van der Waals surface area contributed by atoms with E-state index in [0.29, 0.717) is 35.9 Å². The Balaban J connectivity index is 0.00000288. The van der Waals surface area contributed by atoms with Gasteiger partial charge in [-0.25, -0.2) is 9.98 Å². The lowest BCUT2D eigenvalue weighted by molar-refractivity contribution is 0.316. The highest BCUT2D eigenvalue weighted by molar-refractivity contribution is 14.0. The molecule has 1 aromatic heterocycles. The molecule has 0 atom stereocenters. The fraction of sp³-hybridized carbons (Fsp3) is 0.294. The van der Waals surface area contributed by atoms with Crippen molar-refractivity contribution in [2.45, 2.75) is 19.8 Å². The van der Waals surface area contributed by atoms with Gasteiger partial charge in [-0.05, 0) is 29.7 Å². The van der Waals surface area contributed by atoms with Crippen molar-refractivity contribution >= 4 is 47.2 Å². The Kier molecular flexibility index (Phi) is 8.84. The van der Waals surface area contributed by atoms with Crippen molar-refractivity contribution < 1.29 is 4.74 Å². The molecule has 0 unspecified atom stereocenters. The van der Waals surface area contributed by atoms with Gasteiger partial charge in [-0.15, -0.1) is 24.0 Å². The number of ether oxygens (including phenoxy) is 1. The number of benzene rings is 1. The van der Waals surface area contributed by atoms with Crippen LogP contribution in [0.5, 0.6) is 5.88 Å². The molecule has 24 heavy (non-hydrogen) atoms. The van der Waals surface area contributed by atoms with Gasteiger partial charge < -0.3 is 15.8 Å². The summed E-state index contributed by atoms with van der Waals surface area (Å²) in [5, 5.41) is 3.66. The van der Waals surface area contributed by atoms with Gasteiger partial charge in [0.25, 0.3) is 0 Å². The molecule has 0 saturated carbocycles. The average Bonchev–Trinajstić information content (AvgIpc) is 2.53. The predicted molar refractivity (Wildman–Crippen MR) is 111 cm³/mol. The van der Waals surface area contributed by atoms with Gasteiger partial charge in [0.2, 0.25) is 5.88 Å². The molecule has 7 heteroatoms. The summed E-state index contributed by atoms with van der Waals surface area (Å²) in [7, 11) is 0. The molecule has 2 aromatic rings. The molecule has 0 aliphatic carbocycles. The lowest BCUT2D eigenvalue weighted by atomic mass is 10.0. The fourth-order valence-corrected chi connectivity index (χ4v) is 2.04. The monoisotopic (exact) mass is 460 g/mol. The zero-order chi connectivity index (χ0) is 16.7. The van der Waals surface area contributed by atoms with Crippen LogP contribution in [-0.2, 0) is 0 Å². The van der Waals surface area contributed by atoms with Gasteiger partial charge in [0.15, 0.2) is 5.96 Å². The van der Waals surface area contributed by atoms with Crippen LogP contribution in [-0.4, -0.2) is 24.1 Å². The number of halogens is 2. The molecule has 5 nitrogen and oxygen atoms in total. The quantitative estimate of drug-likeness (QED) is 0.292. The first kappa shape index (κ1) is 20.5. The van der Waals surface area contributed by atoms with Crippen molar-refractivity contribution in [3.05, 3.63) is 53.2 Å². The number of hydrogen-bond donors (Lipinski definition) is 2. The number of anilines is 1. The zero-order valence-electron chi connectivity index (χ0n) is 13.7. The van der Waals surface area contributed by atoms with Crippen LogP contribution in [0.25, 0.3) is 0 Å². The first-order valence-electron chi connectivity index (χ1n) is 7.46. The van der Waals surface area contributed by atoms with Crippen molar-refractivity contribution in [3.8, 4) is 5.88 Å². The Hall–Kier alpha value is -1.54.